The van der Waals surface area contributed by atoms with Crippen LogP contribution in [-0.4, -0.2) is 55.8 Å². The van der Waals surface area contributed by atoms with Gasteiger partial charge in [0.25, 0.3) is 5.91 Å². The second-order valence-electron chi connectivity index (χ2n) is 9.29. The van der Waals surface area contributed by atoms with Crippen molar-refractivity contribution in [1.82, 2.24) is 24.4 Å². The van der Waals surface area contributed by atoms with Crippen LogP contribution in [0.4, 0.5) is 0 Å². The first kappa shape index (κ1) is 20.8. The number of nitrogens with zero attached hydrogens (tertiary/aromatic N) is 5. The van der Waals surface area contributed by atoms with Gasteiger partial charge in [-0.05, 0) is 54.7 Å². The second-order valence-corrected chi connectivity index (χ2v) is 9.29. The summed E-state index contributed by atoms with van der Waals surface area (Å²) in [6, 6.07) is 19.6. The van der Waals surface area contributed by atoms with Crippen LogP contribution in [0, 0.1) is 5.92 Å². The predicted molar refractivity (Wildman–Crippen MR) is 129 cm³/mol. The number of carbonyl (C=O) groups excluding carboxylic acids is 2. The Morgan fingerprint density at radius 3 is 2.62 bits per heavy atom. The number of fused-ring (bicyclic) bond motifs is 2. The Morgan fingerprint density at radius 1 is 0.853 bits per heavy atom. The molecule has 2 fully saturated rings. The fourth-order valence-electron chi connectivity index (χ4n) is 5.57. The van der Waals surface area contributed by atoms with Crippen molar-refractivity contribution >= 4 is 28.2 Å². The normalized spacial score (nSPS) is 20.8. The minimum absolute atomic E-state index is 0.00993. The Bertz CT molecular complexity index is 1370. The molecule has 0 spiro atoms. The molecule has 6 rings (SSSR count). The number of aromatic nitrogens is 3. The van der Waals surface area contributed by atoms with Gasteiger partial charge in [0.15, 0.2) is 11.5 Å². The Morgan fingerprint density at radius 2 is 1.68 bits per heavy atom. The zero-order valence-corrected chi connectivity index (χ0v) is 19.0. The van der Waals surface area contributed by atoms with Crippen molar-refractivity contribution in [2.45, 2.75) is 31.7 Å². The molecule has 2 aliphatic heterocycles. The minimum Gasteiger partial charge on any atom is -0.338 e. The van der Waals surface area contributed by atoms with Gasteiger partial charge in [0, 0.05) is 31.4 Å². The first-order chi connectivity index (χ1) is 16.7. The number of amides is 2. The van der Waals surface area contributed by atoms with Gasteiger partial charge in [-0.15, -0.1) is 10.2 Å². The van der Waals surface area contributed by atoms with E-state index in [2.05, 4.69) is 10.2 Å². The van der Waals surface area contributed by atoms with E-state index in [0.717, 1.165) is 54.5 Å². The Hall–Kier alpha value is -3.74. The zero-order valence-electron chi connectivity index (χ0n) is 19.0. The molecule has 0 aliphatic carbocycles. The number of hydrogen-bond donors (Lipinski definition) is 0. The summed E-state index contributed by atoms with van der Waals surface area (Å²) in [6.45, 7) is 1.87. The number of likely N-dealkylation sites (tertiary alicyclic amines) is 2. The van der Waals surface area contributed by atoms with Crippen LogP contribution in [0.2, 0.25) is 0 Å². The highest BCUT2D eigenvalue weighted by Crippen LogP contribution is 2.34. The van der Waals surface area contributed by atoms with Crippen molar-refractivity contribution in [2.24, 2.45) is 5.92 Å². The highest BCUT2D eigenvalue weighted by Gasteiger charge is 2.38. The van der Waals surface area contributed by atoms with Gasteiger partial charge in [-0.3, -0.25) is 14.0 Å². The highest BCUT2D eigenvalue weighted by molar-refractivity contribution is 6.07. The van der Waals surface area contributed by atoms with Gasteiger partial charge in [-0.1, -0.05) is 42.5 Å². The molecule has 0 unspecified atom stereocenters. The van der Waals surface area contributed by atoms with Crippen LogP contribution < -0.4 is 0 Å². The lowest BCUT2D eigenvalue weighted by Gasteiger charge is -2.35. The van der Waals surface area contributed by atoms with Gasteiger partial charge >= 0.3 is 0 Å². The van der Waals surface area contributed by atoms with Crippen molar-refractivity contribution < 1.29 is 9.59 Å². The summed E-state index contributed by atoms with van der Waals surface area (Å²) in [5.74, 6) is 0.773. The van der Waals surface area contributed by atoms with Gasteiger partial charge in [0.1, 0.15) is 0 Å². The maximum absolute atomic E-state index is 13.7. The quantitative estimate of drug-likeness (QED) is 0.468. The number of rotatable bonds is 3. The molecule has 0 saturated carbocycles. The number of pyridine rings is 1. The predicted octanol–water partition coefficient (Wildman–Crippen LogP) is 4.10. The Balaban J connectivity index is 1.23. The third kappa shape index (κ3) is 3.52. The SMILES string of the molecule is O=C(c1cccc2ccccc12)N1CCC[C@H](C(=O)N2CCC[C@@H]2c2nnc3ccccn23)C1. The topological polar surface area (TPSA) is 70.8 Å². The average molecular weight is 454 g/mol. The molecular formula is C27H27N5O2. The molecule has 4 heterocycles. The number of hydrogen-bond acceptors (Lipinski definition) is 4. The summed E-state index contributed by atoms with van der Waals surface area (Å²) in [4.78, 5) is 31.0. The van der Waals surface area contributed by atoms with E-state index >= 15 is 0 Å². The molecule has 2 aliphatic rings. The van der Waals surface area contributed by atoms with Crippen molar-refractivity contribution in [2.75, 3.05) is 19.6 Å². The number of carbonyl (C=O) groups is 2. The van der Waals surface area contributed by atoms with E-state index in [1.54, 1.807) is 0 Å². The van der Waals surface area contributed by atoms with Crippen LogP contribution in [0.25, 0.3) is 16.4 Å². The molecule has 2 aromatic carbocycles. The van der Waals surface area contributed by atoms with Gasteiger partial charge < -0.3 is 9.80 Å². The number of piperidine rings is 1. The molecule has 0 N–H and O–H groups in total. The van der Waals surface area contributed by atoms with Gasteiger partial charge in [-0.2, -0.15) is 0 Å². The molecule has 2 atom stereocenters. The van der Waals surface area contributed by atoms with E-state index < -0.39 is 0 Å². The second kappa shape index (κ2) is 8.56. The molecule has 0 bridgehead atoms. The third-order valence-electron chi connectivity index (χ3n) is 7.25. The van der Waals surface area contributed by atoms with Crippen LogP contribution in [0.1, 0.15) is 47.9 Å². The molecule has 2 aromatic heterocycles. The molecule has 7 nitrogen and oxygen atoms in total. The van der Waals surface area contributed by atoms with Crippen molar-refractivity contribution in [3.63, 3.8) is 0 Å². The van der Waals surface area contributed by atoms with E-state index in [0.29, 0.717) is 18.7 Å². The summed E-state index contributed by atoms with van der Waals surface area (Å²) in [7, 11) is 0. The maximum Gasteiger partial charge on any atom is 0.254 e. The van der Waals surface area contributed by atoms with E-state index in [-0.39, 0.29) is 23.8 Å². The number of benzene rings is 2. The molecule has 4 aromatic rings. The molecule has 172 valence electrons. The van der Waals surface area contributed by atoms with Crippen LogP contribution in [0.15, 0.2) is 66.9 Å². The van der Waals surface area contributed by atoms with E-state index in [1.807, 2.05) is 81.1 Å². The van der Waals surface area contributed by atoms with Crippen LogP contribution >= 0.6 is 0 Å². The van der Waals surface area contributed by atoms with Crippen molar-refractivity contribution in [3.05, 3.63) is 78.2 Å². The minimum atomic E-state index is -0.188. The molecule has 2 amide bonds. The molecule has 7 heteroatoms. The summed E-state index contributed by atoms with van der Waals surface area (Å²) < 4.78 is 1.98. The molecular weight excluding hydrogens is 426 g/mol. The van der Waals surface area contributed by atoms with Crippen LogP contribution in [-0.2, 0) is 4.79 Å². The van der Waals surface area contributed by atoms with Gasteiger partial charge in [0.05, 0.1) is 12.0 Å². The Kier molecular flexibility index (Phi) is 5.24. The fourth-order valence-corrected chi connectivity index (χ4v) is 5.57. The summed E-state index contributed by atoms with van der Waals surface area (Å²) >= 11 is 0. The summed E-state index contributed by atoms with van der Waals surface area (Å²) in [5.41, 5.74) is 1.50. The van der Waals surface area contributed by atoms with Crippen molar-refractivity contribution in [3.8, 4) is 0 Å². The summed E-state index contributed by atoms with van der Waals surface area (Å²) in [5, 5.41) is 10.7. The highest BCUT2D eigenvalue weighted by atomic mass is 16.2. The smallest absolute Gasteiger partial charge is 0.254 e. The first-order valence-corrected chi connectivity index (χ1v) is 12.1. The van der Waals surface area contributed by atoms with E-state index in [4.69, 9.17) is 0 Å². The standard InChI is InChI=1S/C27H27N5O2/c33-26(31-17-7-13-23(31)25-29-28-24-14-3-4-16-32(24)25)20-10-6-15-30(18-20)27(34)22-12-5-9-19-8-1-2-11-21(19)22/h1-5,8-9,11-12,14,16,20,23H,6-7,10,13,15,17-18H2/t20-,23+/m0/s1. The zero-order chi connectivity index (χ0) is 23.1. The summed E-state index contributed by atoms with van der Waals surface area (Å²) in [6.07, 6.45) is 5.42. The largest absolute Gasteiger partial charge is 0.338 e. The lowest BCUT2D eigenvalue weighted by molar-refractivity contribution is -0.138. The fraction of sp³-hybridized carbons (Fsp3) is 0.333. The monoisotopic (exact) mass is 453 g/mol. The van der Waals surface area contributed by atoms with Crippen LogP contribution in [0.3, 0.4) is 0 Å². The molecule has 0 radical (unpaired) electrons. The lowest BCUT2D eigenvalue weighted by atomic mass is 9.94. The lowest BCUT2D eigenvalue weighted by Crippen LogP contribution is -2.46. The van der Waals surface area contributed by atoms with Gasteiger partial charge in [0.2, 0.25) is 5.91 Å². The first-order valence-electron chi connectivity index (χ1n) is 12.1. The van der Waals surface area contributed by atoms with E-state index in [1.165, 1.54) is 0 Å². The van der Waals surface area contributed by atoms with Crippen molar-refractivity contribution in [1.29, 1.82) is 0 Å². The maximum atomic E-state index is 13.7. The van der Waals surface area contributed by atoms with Gasteiger partial charge in [-0.25, -0.2) is 0 Å². The molecule has 2 saturated heterocycles. The third-order valence-corrected chi connectivity index (χ3v) is 7.25. The Labute approximate surface area is 198 Å². The van der Waals surface area contributed by atoms with E-state index in [9.17, 15) is 9.59 Å². The molecule has 34 heavy (non-hydrogen) atoms. The van der Waals surface area contributed by atoms with Crippen LogP contribution in [0.5, 0.6) is 0 Å². The average Bonchev–Trinajstić information content (AvgIpc) is 3.54.